The summed E-state index contributed by atoms with van der Waals surface area (Å²) in [6.07, 6.45) is 8.29. The molecule has 17 heavy (non-hydrogen) atoms. The van der Waals surface area contributed by atoms with E-state index in [1.807, 2.05) is 0 Å². The molecule has 0 amide bonds. The van der Waals surface area contributed by atoms with Gasteiger partial charge in [0, 0.05) is 17.9 Å². The Morgan fingerprint density at radius 2 is 1.65 bits per heavy atom. The molecule has 0 bridgehead atoms. The quantitative estimate of drug-likeness (QED) is 0.749. The van der Waals surface area contributed by atoms with E-state index in [0.717, 1.165) is 56.8 Å². The molecular formula is C12H22BrNO2S. The molecule has 1 aliphatic heterocycles. The van der Waals surface area contributed by atoms with E-state index in [1.54, 1.807) is 4.31 Å². The standard InChI is InChI=1S/C12H22BrNO2S/c13-10-11-6-4-5-9-14(11)17(15,16)12-7-2-1-3-8-12/h11-12H,1-10H2. The van der Waals surface area contributed by atoms with Gasteiger partial charge >= 0.3 is 0 Å². The molecule has 1 atom stereocenters. The molecule has 5 heteroatoms. The maximum atomic E-state index is 12.6. The second kappa shape index (κ2) is 6.02. The van der Waals surface area contributed by atoms with Crippen LogP contribution in [0.5, 0.6) is 0 Å². The van der Waals surface area contributed by atoms with Crippen LogP contribution in [0.4, 0.5) is 0 Å². The van der Waals surface area contributed by atoms with Crippen molar-refractivity contribution in [2.75, 3.05) is 11.9 Å². The number of piperidine rings is 1. The SMILES string of the molecule is O=S(=O)(C1CCCCC1)N1CCCCC1CBr. The predicted octanol–water partition coefficient (Wildman–Crippen LogP) is 2.90. The smallest absolute Gasteiger partial charge is 0.212 e. The number of halogens is 1. The molecule has 1 heterocycles. The fourth-order valence-corrected chi connectivity index (χ4v) is 6.17. The lowest BCUT2D eigenvalue weighted by Gasteiger charge is -2.37. The molecule has 0 radical (unpaired) electrons. The van der Waals surface area contributed by atoms with Crippen molar-refractivity contribution in [1.29, 1.82) is 0 Å². The van der Waals surface area contributed by atoms with Crippen molar-refractivity contribution in [3.8, 4) is 0 Å². The minimum Gasteiger partial charge on any atom is -0.212 e. The van der Waals surface area contributed by atoms with Crippen LogP contribution in [0.25, 0.3) is 0 Å². The minimum absolute atomic E-state index is 0.101. The normalized spacial score (nSPS) is 29.4. The number of hydrogen-bond acceptors (Lipinski definition) is 2. The van der Waals surface area contributed by atoms with Crippen LogP contribution in [0.15, 0.2) is 0 Å². The Kier molecular flexibility index (Phi) is 4.89. The first-order valence-corrected chi connectivity index (χ1v) is 9.35. The van der Waals surface area contributed by atoms with E-state index in [0.29, 0.717) is 0 Å². The highest BCUT2D eigenvalue weighted by Gasteiger charge is 2.37. The molecule has 0 spiro atoms. The third-order valence-electron chi connectivity index (χ3n) is 4.05. The molecule has 0 N–H and O–H groups in total. The fraction of sp³-hybridized carbons (Fsp3) is 1.00. The van der Waals surface area contributed by atoms with E-state index in [2.05, 4.69) is 15.9 Å². The molecule has 2 aliphatic rings. The lowest BCUT2D eigenvalue weighted by Crippen LogP contribution is -2.48. The van der Waals surface area contributed by atoms with Gasteiger partial charge in [0.05, 0.1) is 5.25 Å². The molecule has 2 rings (SSSR count). The summed E-state index contributed by atoms with van der Waals surface area (Å²) in [5.74, 6) is 0. The van der Waals surface area contributed by atoms with Crippen LogP contribution in [0, 0.1) is 0 Å². The summed E-state index contributed by atoms with van der Waals surface area (Å²) >= 11 is 3.46. The van der Waals surface area contributed by atoms with Crippen LogP contribution < -0.4 is 0 Å². The van der Waals surface area contributed by atoms with E-state index >= 15 is 0 Å². The zero-order chi connectivity index (χ0) is 12.3. The summed E-state index contributed by atoms with van der Waals surface area (Å²) in [5.41, 5.74) is 0. The second-order valence-corrected chi connectivity index (χ2v) is 8.03. The number of rotatable bonds is 3. The van der Waals surface area contributed by atoms with Crippen molar-refractivity contribution >= 4 is 26.0 Å². The summed E-state index contributed by atoms with van der Waals surface area (Å²) in [7, 11) is -3.04. The van der Waals surface area contributed by atoms with Crippen LogP contribution in [0.2, 0.25) is 0 Å². The Hall–Kier alpha value is 0.390. The first kappa shape index (κ1) is 13.8. The average Bonchev–Trinajstić information content (AvgIpc) is 2.39. The third kappa shape index (κ3) is 3.04. The van der Waals surface area contributed by atoms with E-state index in [-0.39, 0.29) is 11.3 Å². The van der Waals surface area contributed by atoms with Gasteiger partial charge in [-0.25, -0.2) is 8.42 Å². The molecule has 0 aromatic rings. The first-order valence-electron chi connectivity index (χ1n) is 6.73. The average molecular weight is 324 g/mol. The third-order valence-corrected chi connectivity index (χ3v) is 7.25. The molecular weight excluding hydrogens is 302 g/mol. The summed E-state index contributed by atoms with van der Waals surface area (Å²) in [4.78, 5) is 0. The van der Waals surface area contributed by atoms with Gasteiger partial charge < -0.3 is 0 Å². The Bertz CT molecular complexity index is 338. The van der Waals surface area contributed by atoms with E-state index in [4.69, 9.17) is 0 Å². The zero-order valence-corrected chi connectivity index (χ0v) is 12.7. The highest BCUT2D eigenvalue weighted by Crippen LogP contribution is 2.30. The molecule has 2 fully saturated rings. The van der Waals surface area contributed by atoms with Gasteiger partial charge in [0.25, 0.3) is 0 Å². The van der Waals surface area contributed by atoms with Crippen molar-refractivity contribution in [2.24, 2.45) is 0 Å². The minimum atomic E-state index is -3.04. The lowest BCUT2D eigenvalue weighted by molar-refractivity contribution is 0.267. The topological polar surface area (TPSA) is 37.4 Å². The second-order valence-electron chi connectivity index (χ2n) is 5.22. The molecule has 1 saturated carbocycles. The maximum absolute atomic E-state index is 12.6. The van der Waals surface area contributed by atoms with Crippen molar-refractivity contribution < 1.29 is 8.42 Å². The molecule has 100 valence electrons. The van der Waals surface area contributed by atoms with Crippen LogP contribution >= 0.6 is 15.9 Å². The molecule has 0 aromatic heterocycles. The van der Waals surface area contributed by atoms with E-state index in [1.165, 1.54) is 6.42 Å². The van der Waals surface area contributed by atoms with Gasteiger partial charge in [0.1, 0.15) is 0 Å². The number of hydrogen-bond donors (Lipinski definition) is 0. The highest BCUT2D eigenvalue weighted by atomic mass is 79.9. The van der Waals surface area contributed by atoms with Crippen molar-refractivity contribution in [3.63, 3.8) is 0 Å². The zero-order valence-electron chi connectivity index (χ0n) is 10.3. The van der Waals surface area contributed by atoms with Gasteiger partial charge in [-0.3, -0.25) is 0 Å². The van der Waals surface area contributed by atoms with Gasteiger partial charge in [-0.1, -0.05) is 41.6 Å². The fourth-order valence-electron chi connectivity index (χ4n) is 3.02. The highest BCUT2D eigenvalue weighted by molar-refractivity contribution is 9.09. The summed E-state index contributed by atoms with van der Waals surface area (Å²) in [6, 6.07) is 0.190. The number of alkyl halides is 1. The van der Waals surface area contributed by atoms with Crippen molar-refractivity contribution in [1.82, 2.24) is 4.31 Å². The van der Waals surface area contributed by atoms with Crippen LogP contribution in [0.1, 0.15) is 51.4 Å². The van der Waals surface area contributed by atoms with Crippen molar-refractivity contribution in [2.45, 2.75) is 62.7 Å². The van der Waals surface area contributed by atoms with Gasteiger partial charge in [0.15, 0.2) is 0 Å². The van der Waals surface area contributed by atoms with Crippen LogP contribution in [-0.4, -0.2) is 35.9 Å². The monoisotopic (exact) mass is 323 g/mol. The van der Waals surface area contributed by atoms with Crippen molar-refractivity contribution in [3.05, 3.63) is 0 Å². The molecule has 0 aromatic carbocycles. The molecule has 1 saturated heterocycles. The summed E-state index contributed by atoms with van der Waals surface area (Å²) in [6.45, 7) is 0.731. The lowest BCUT2D eigenvalue weighted by atomic mass is 10.0. The molecule has 1 aliphatic carbocycles. The Balaban J connectivity index is 2.11. The summed E-state index contributed by atoms with van der Waals surface area (Å²) < 4.78 is 27.0. The predicted molar refractivity (Wildman–Crippen MR) is 73.9 cm³/mol. The Labute approximate surface area is 113 Å². The largest absolute Gasteiger partial charge is 0.217 e. The maximum Gasteiger partial charge on any atom is 0.217 e. The first-order chi connectivity index (χ1) is 8.16. The molecule has 1 unspecified atom stereocenters. The van der Waals surface area contributed by atoms with Crippen LogP contribution in [-0.2, 0) is 10.0 Å². The van der Waals surface area contributed by atoms with Gasteiger partial charge in [0.2, 0.25) is 10.0 Å². The number of sulfonamides is 1. The Morgan fingerprint density at radius 3 is 2.29 bits per heavy atom. The van der Waals surface area contributed by atoms with Gasteiger partial charge in [-0.05, 0) is 25.7 Å². The summed E-state index contributed by atoms with van der Waals surface area (Å²) in [5, 5.41) is 0.676. The van der Waals surface area contributed by atoms with E-state index < -0.39 is 10.0 Å². The number of nitrogens with zero attached hydrogens (tertiary/aromatic N) is 1. The van der Waals surface area contributed by atoms with Gasteiger partial charge in [-0.2, -0.15) is 4.31 Å². The molecule has 3 nitrogen and oxygen atoms in total. The Morgan fingerprint density at radius 1 is 1.00 bits per heavy atom. The van der Waals surface area contributed by atoms with Gasteiger partial charge in [-0.15, -0.1) is 0 Å². The van der Waals surface area contributed by atoms with E-state index in [9.17, 15) is 8.42 Å². The van der Waals surface area contributed by atoms with Crippen LogP contribution in [0.3, 0.4) is 0 Å².